The van der Waals surface area contributed by atoms with Gasteiger partial charge in [-0.2, -0.15) is 0 Å². The van der Waals surface area contributed by atoms with Gasteiger partial charge in [0.2, 0.25) is 0 Å². The van der Waals surface area contributed by atoms with E-state index >= 15 is 0 Å². The van der Waals surface area contributed by atoms with Gasteiger partial charge in [-0.15, -0.1) is 0 Å². The summed E-state index contributed by atoms with van der Waals surface area (Å²) in [5, 5.41) is 0. The normalized spacial score (nSPS) is 40.4. The van der Waals surface area contributed by atoms with Gasteiger partial charge in [0.15, 0.2) is 0 Å². The Morgan fingerprint density at radius 1 is 0.661 bits per heavy atom. The number of allylic oxidation sites excluding steroid dienone is 10. The van der Waals surface area contributed by atoms with Crippen LogP contribution in [-0.2, 0) is 10.2 Å². The summed E-state index contributed by atoms with van der Waals surface area (Å²) in [5.41, 5.74) is 12.5. The molecule has 12 atom stereocenters. The van der Waals surface area contributed by atoms with Gasteiger partial charge in [0.05, 0.1) is 12.1 Å². The number of rotatable bonds is 6. The van der Waals surface area contributed by atoms with Crippen molar-refractivity contribution in [1.29, 1.82) is 0 Å². The number of ether oxygens (including phenoxy) is 1. The molecule has 0 aromatic heterocycles. The van der Waals surface area contributed by atoms with Crippen LogP contribution < -0.4 is 0 Å². The molecule has 1 aromatic rings. The van der Waals surface area contributed by atoms with Gasteiger partial charge in [-0.05, 0) is 186 Å². The van der Waals surface area contributed by atoms with E-state index in [-0.39, 0.29) is 11.5 Å². The van der Waals surface area contributed by atoms with Crippen molar-refractivity contribution in [1.82, 2.24) is 9.80 Å². The number of fused-ring (bicyclic) bond motifs is 11. The zero-order chi connectivity index (χ0) is 39.1. The Balaban J connectivity index is 1.02. The SMILES string of the molecule is CC1CC=CC=C1N(C1C=CCCC1)[C@@H]1CCCC2=C1C1CCCCC1C21c2ccccc2C2CCC(N(C3C=CCCC3)C3CCCC4=C3OC3C=CCCC43)=CC21. The summed E-state index contributed by atoms with van der Waals surface area (Å²) in [7, 11) is 0. The Morgan fingerprint density at radius 2 is 1.46 bits per heavy atom. The second kappa shape index (κ2) is 15.2. The molecule has 11 unspecified atom stereocenters. The molecule has 1 heterocycles. The molecule has 59 heavy (non-hydrogen) atoms. The molecule has 310 valence electrons. The third kappa shape index (κ3) is 5.77. The van der Waals surface area contributed by atoms with Crippen LogP contribution in [0, 0.1) is 29.6 Å². The molecule has 1 fully saturated rings. The van der Waals surface area contributed by atoms with E-state index in [0.29, 0.717) is 53.8 Å². The Hall–Kier alpha value is -3.46. The van der Waals surface area contributed by atoms with Crippen LogP contribution >= 0.6 is 0 Å². The predicted octanol–water partition coefficient (Wildman–Crippen LogP) is 13.5. The summed E-state index contributed by atoms with van der Waals surface area (Å²) in [6, 6.07) is 12.0. The highest BCUT2D eigenvalue weighted by atomic mass is 16.5. The smallest absolute Gasteiger partial charge is 0.123 e. The van der Waals surface area contributed by atoms with Crippen molar-refractivity contribution in [3.63, 3.8) is 0 Å². The van der Waals surface area contributed by atoms with Crippen LogP contribution in [0.4, 0.5) is 0 Å². The molecule has 0 radical (unpaired) electrons. The summed E-state index contributed by atoms with van der Waals surface area (Å²) in [4.78, 5) is 6.08. The minimum atomic E-state index is 0.126. The van der Waals surface area contributed by atoms with E-state index in [1.807, 2.05) is 11.1 Å². The molecule has 1 aromatic carbocycles. The molecule has 0 amide bonds. The van der Waals surface area contributed by atoms with Crippen LogP contribution in [0.15, 0.2) is 119 Å². The summed E-state index contributed by atoms with van der Waals surface area (Å²) < 4.78 is 7.13. The average molecular weight is 787 g/mol. The molecule has 0 N–H and O–H groups in total. The summed E-state index contributed by atoms with van der Waals surface area (Å²) in [6.07, 6.45) is 52.9. The Labute approximate surface area is 356 Å². The van der Waals surface area contributed by atoms with Gasteiger partial charge in [0, 0.05) is 34.8 Å². The molecule has 1 aliphatic heterocycles. The maximum Gasteiger partial charge on any atom is 0.123 e. The largest absolute Gasteiger partial charge is 0.488 e. The van der Waals surface area contributed by atoms with Gasteiger partial charge >= 0.3 is 0 Å². The molecule has 11 aliphatic rings. The van der Waals surface area contributed by atoms with E-state index in [1.165, 1.54) is 141 Å². The summed E-state index contributed by atoms with van der Waals surface area (Å²) in [5.74, 6) is 5.18. The first kappa shape index (κ1) is 37.3. The highest BCUT2D eigenvalue weighted by Crippen LogP contribution is 2.71. The first-order valence-electron chi connectivity index (χ1n) is 25.1. The molecule has 3 nitrogen and oxygen atoms in total. The first-order chi connectivity index (χ1) is 29.2. The van der Waals surface area contributed by atoms with E-state index in [9.17, 15) is 0 Å². The average Bonchev–Trinajstić information content (AvgIpc) is 3.93. The van der Waals surface area contributed by atoms with E-state index in [1.54, 1.807) is 28.1 Å². The highest BCUT2D eigenvalue weighted by molar-refractivity contribution is 5.60. The van der Waals surface area contributed by atoms with E-state index < -0.39 is 0 Å². The Bertz CT molecular complexity index is 2070. The van der Waals surface area contributed by atoms with E-state index in [4.69, 9.17) is 4.74 Å². The molecule has 1 spiro atoms. The molecule has 12 rings (SSSR count). The van der Waals surface area contributed by atoms with Crippen LogP contribution in [0.1, 0.15) is 159 Å². The monoisotopic (exact) mass is 787 g/mol. The fourth-order valence-corrected chi connectivity index (χ4v) is 16.1. The number of hydrogen-bond donors (Lipinski definition) is 0. The lowest BCUT2D eigenvalue weighted by Crippen LogP contribution is -2.47. The summed E-state index contributed by atoms with van der Waals surface area (Å²) in [6.45, 7) is 2.51. The van der Waals surface area contributed by atoms with Gasteiger partial charge in [-0.1, -0.05) is 98.2 Å². The minimum Gasteiger partial charge on any atom is -0.488 e. The lowest BCUT2D eigenvalue weighted by Gasteiger charge is -2.49. The van der Waals surface area contributed by atoms with E-state index in [0.717, 1.165) is 5.92 Å². The van der Waals surface area contributed by atoms with Crippen molar-refractivity contribution >= 4 is 0 Å². The van der Waals surface area contributed by atoms with Gasteiger partial charge in [-0.3, -0.25) is 0 Å². The fraction of sp³-hybridized carbons (Fsp3) is 0.607. The molecule has 10 aliphatic carbocycles. The topological polar surface area (TPSA) is 15.7 Å². The van der Waals surface area contributed by atoms with Crippen molar-refractivity contribution in [2.45, 2.75) is 183 Å². The van der Waals surface area contributed by atoms with Crippen LogP contribution in [0.5, 0.6) is 0 Å². The van der Waals surface area contributed by atoms with Crippen LogP contribution in [0.2, 0.25) is 0 Å². The molecule has 0 saturated heterocycles. The van der Waals surface area contributed by atoms with Gasteiger partial charge in [0.1, 0.15) is 11.9 Å². The molecule has 3 heteroatoms. The standard InChI is InChI=1S/C56H70N2O/c1-37-18-8-14-30-50(37)58(39-21-6-3-7-22-39)51-31-17-29-48-54(51)45-25-10-13-28-47(45)56(48)46-27-12-9-23-41(46)42-35-34-40(36-49(42)56)57(38-19-4-2-5-20-38)52-32-16-26-44-43-24-11-15-33-53(43)59-55(44)52/h4,6,8-9,12,14-15,19,21,23,27,30,33,36-39,42-43,45,47,49,51-53H,2-3,5,7,10-11,13,16-18,20,22,24-26,28-29,31-32,34-35H2,1H3/t37?,38?,39?,42?,43?,45?,47?,49?,51-,52?,53?,56?/m1/s1. The van der Waals surface area contributed by atoms with Crippen molar-refractivity contribution in [2.75, 3.05) is 0 Å². The third-order valence-corrected chi connectivity index (χ3v) is 18.2. The van der Waals surface area contributed by atoms with Crippen LogP contribution in [0.25, 0.3) is 0 Å². The Kier molecular flexibility index (Phi) is 9.59. The van der Waals surface area contributed by atoms with Crippen molar-refractivity contribution < 1.29 is 4.74 Å². The van der Waals surface area contributed by atoms with Crippen LogP contribution in [0.3, 0.4) is 0 Å². The van der Waals surface area contributed by atoms with Gasteiger partial charge in [-0.25, -0.2) is 0 Å². The van der Waals surface area contributed by atoms with Gasteiger partial charge in [0.25, 0.3) is 0 Å². The molecule has 0 bridgehead atoms. The summed E-state index contributed by atoms with van der Waals surface area (Å²) >= 11 is 0. The van der Waals surface area contributed by atoms with Gasteiger partial charge < -0.3 is 14.5 Å². The zero-order valence-electron chi connectivity index (χ0n) is 36.1. The maximum atomic E-state index is 7.13. The zero-order valence-corrected chi connectivity index (χ0v) is 36.1. The Morgan fingerprint density at radius 3 is 2.31 bits per heavy atom. The predicted molar refractivity (Wildman–Crippen MR) is 241 cm³/mol. The molecule has 1 saturated carbocycles. The fourth-order valence-electron chi connectivity index (χ4n) is 16.1. The quantitative estimate of drug-likeness (QED) is 0.267. The van der Waals surface area contributed by atoms with E-state index in [2.05, 4.69) is 102 Å². The van der Waals surface area contributed by atoms with Crippen molar-refractivity contribution in [3.05, 3.63) is 130 Å². The third-order valence-electron chi connectivity index (χ3n) is 18.2. The lowest BCUT2D eigenvalue weighted by atomic mass is 9.57. The van der Waals surface area contributed by atoms with Crippen LogP contribution in [-0.4, -0.2) is 40.1 Å². The molecular formula is C56H70N2O. The highest BCUT2D eigenvalue weighted by Gasteiger charge is 2.65. The van der Waals surface area contributed by atoms with Crippen molar-refractivity contribution in [2.24, 2.45) is 29.6 Å². The first-order valence-corrected chi connectivity index (χ1v) is 25.1. The lowest BCUT2D eigenvalue weighted by molar-refractivity contribution is 0.0863. The second-order valence-electron chi connectivity index (χ2n) is 20.9. The number of benzene rings is 1. The molecular weight excluding hydrogens is 717 g/mol. The second-order valence-corrected chi connectivity index (χ2v) is 20.9. The maximum absolute atomic E-state index is 7.13. The van der Waals surface area contributed by atoms with Crippen molar-refractivity contribution in [3.8, 4) is 0 Å². The minimum absolute atomic E-state index is 0.126. The number of nitrogens with zero attached hydrogens (tertiary/aromatic N) is 2. The number of hydrogen-bond acceptors (Lipinski definition) is 3.